The molecule has 0 aromatic heterocycles. The van der Waals surface area contributed by atoms with E-state index in [4.69, 9.17) is 20.9 Å². The van der Waals surface area contributed by atoms with Crippen LogP contribution in [0.3, 0.4) is 0 Å². The molecule has 0 radical (unpaired) electrons. The highest BCUT2D eigenvalue weighted by Crippen LogP contribution is 2.33. The summed E-state index contributed by atoms with van der Waals surface area (Å²) in [6.07, 6.45) is 6.03. The Kier molecular flexibility index (Phi) is 5.53. The second-order valence-corrected chi connectivity index (χ2v) is 8.34. The molecule has 1 aliphatic carbocycles. The quantitative estimate of drug-likeness (QED) is 0.733. The third kappa shape index (κ3) is 4.19. The molecule has 1 N–H and O–H groups in total. The van der Waals surface area contributed by atoms with Gasteiger partial charge >= 0.3 is 16.1 Å². The van der Waals surface area contributed by atoms with Crippen LogP contribution in [-0.4, -0.2) is 19.5 Å². The summed E-state index contributed by atoms with van der Waals surface area (Å²) in [4.78, 5) is 10.9. The maximum Gasteiger partial charge on any atom is 0.339 e. The summed E-state index contributed by atoms with van der Waals surface area (Å²) < 4.78 is 30.0. The number of halogens is 1. The molecule has 2 aromatic rings. The summed E-state index contributed by atoms with van der Waals surface area (Å²) in [5.74, 6) is -0.593. The van der Waals surface area contributed by atoms with Crippen molar-refractivity contribution < 1.29 is 22.5 Å². The number of rotatable bonds is 5. The van der Waals surface area contributed by atoms with E-state index in [-0.39, 0.29) is 21.2 Å². The first kappa shape index (κ1) is 18.7. The molecule has 0 spiro atoms. The number of aromatic carboxylic acids is 1. The molecule has 1 aliphatic rings. The maximum absolute atomic E-state index is 12.4. The van der Waals surface area contributed by atoms with Crippen LogP contribution in [0, 0.1) is 0 Å². The van der Waals surface area contributed by atoms with Crippen molar-refractivity contribution in [1.29, 1.82) is 0 Å². The van der Waals surface area contributed by atoms with E-state index in [0.29, 0.717) is 5.92 Å². The number of carbonyl (C=O) groups is 1. The van der Waals surface area contributed by atoms with Crippen molar-refractivity contribution in [2.24, 2.45) is 0 Å². The Morgan fingerprint density at radius 3 is 2.31 bits per heavy atom. The van der Waals surface area contributed by atoms with Gasteiger partial charge in [-0.3, -0.25) is 0 Å². The van der Waals surface area contributed by atoms with E-state index in [1.54, 1.807) is 12.1 Å². The molecule has 138 valence electrons. The highest BCUT2D eigenvalue weighted by Gasteiger charge is 2.21. The molecule has 0 unspecified atom stereocenters. The van der Waals surface area contributed by atoms with E-state index in [0.717, 1.165) is 18.9 Å². The second kappa shape index (κ2) is 7.68. The van der Waals surface area contributed by atoms with Gasteiger partial charge in [0.1, 0.15) is 10.6 Å². The lowest BCUT2D eigenvalue weighted by molar-refractivity contribution is 0.0697. The van der Waals surface area contributed by atoms with Gasteiger partial charge in [0.05, 0.1) is 10.6 Å². The van der Waals surface area contributed by atoms with Crippen molar-refractivity contribution in [1.82, 2.24) is 0 Å². The van der Waals surface area contributed by atoms with Gasteiger partial charge in [-0.25, -0.2) is 4.79 Å². The van der Waals surface area contributed by atoms with Crippen LogP contribution in [0.2, 0.25) is 5.02 Å². The fourth-order valence-corrected chi connectivity index (χ4v) is 4.39. The van der Waals surface area contributed by atoms with Gasteiger partial charge in [0.2, 0.25) is 0 Å². The van der Waals surface area contributed by atoms with E-state index in [1.807, 2.05) is 12.1 Å². The standard InChI is InChI=1S/C19H19ClO5S/c20-18-11-10-16(12-17(18)19(21)22)26(23,24)25-15-8-6-14(7-9-15)13-4-2-1-3-5-13/h6-13H,1-5H2,(H,21,22). The molecule has 0 atom stereocenters. The second-order valence-electron chi connectivity index (χ2n) is 6.39. The van der Waals surface area contributed by atoms with Gasteiger partial charge in [0, 0.05) is 0 Å². The molecule has 26 heavy (non-hydrogen) atoms. The monoisotopic (exact) mass is 394 g/mol. The Morgan fingerprint density at radius 2 is 1.69 bits per heavy atom. The number of benzene rings is 2. The first-order chi connectivity index (χ1) is 12.4. The minimum Gasteiger partial charge on any atom is -0.478 e. The summed E-state index contributed by atoms with van der Waals surface area (Å²) in [5, 5.41) is 9.05. The molecule has 0 saturated heterocycles. The van der Waals surface area contributed by atoms with E-state index in [2.05, 4.69) is 0 Å². The van der Waals surface area contributed by atoms with Crippen LogP contribution in [0.5, 0.6) is 5.75 Å². The van der Waals surface area contributed by atoms with E-state index >= 15 is 0 Å². The fourth-order valence-electron chi connectivity index (χ4n) is 3.23. The smallest absolute Gasteiger partial charge is 0.339 e. The van der Waals surface area contributed by atoms with E-state index in [1.165, 1.54) is 37.0 Å². The molecule has 3 rings (SSSR count). The average molecular weight is 395 g/mol. The van der Waals surface area contributed by atoms with Crippen molar-refractivity contribution in [2.45, 2.75) is 42.9 Å². The minimum atomic E-state index is -4.15. The van der Waals surface area contributed by atoms with Gasteiger partial charge in [0.15, 0.2) is 0 Å². The summed E-state index contributed by atoms with van der Waals surface area (Å²) >= 11 is 5.78. The molecule has 0 aliphatic heterocycles. The lowest BCUT2D eigenvalue weighted by Crippen LogP contribution is -2.11. The summed E-state index contributed by atoms with van der Waals surface area (Å²) in [5.41, 5.74) is 0.901. The largest absolute Gasteiger partial charge is 0.478 e. The van der Waals surface area contributed by atoms with Gasteiger partial charge in [-0.15, -0.1) is 0 Å². The molecule has 1 fully saturated rings. The van der Waals surface area contributed by atoms with Crippen LogP contribution in [0.25, 0.3) is 0 Å². The van der Waals surface area contributed by atoms with Crippen LogP contribution in [0.4, 0.5) is 0 Å². The van der Waals surface area contributed by atoms with Crippen LogP contribution in [-0.2, 0) is 10.1 Å². The summed E-state index contributed by atoms with van der Waals surface area (Å²) in [6, 6.07) is 10.5. The lowest BCUT2D eigenvalue weighted by Gasteiger charge is -2.22. The Balaban J connectivity index is 1.79. The topological polar surface area (TPSA) is 80.7 Å². The molecule has 1 saturated carbocycles. The predicted molar refractivity (Wildman–Crippen MR) is 98.5 cm³/mol. The Morgan fingerprint density at radius 1 is 1.04 bits per heavy atom. The van der Waals surface area contributed by atoms with Crippen LogP contribution in [0.15, 0.2) is 47.4 Å². The van der Waals surface area contributed by atoms with E-state index in [9.17, 15) is 13.2 Å². The molecule has 0 amide bonds. The fraction of sp³-hybridized carbons (Fsp3) is 0.316. The van der Waals surface area contributed by atoms with Gasteiger partial charge in [0.25, 0.3) is 0 Å². The van der Waals surface area contributed by atoms with Crippen molar-refractivity contribution in [3.05, 3.63) is 58.6 Å². The zero-order valence-corrected chi connectivity index (χ0v) is 15.6. The number of carboxylic acid groups (broad SMARTS) is 1. The summed E-state index contributed by atoms with van der Waals surface area (Å²) in [6.45, 7) is 0. The first-order valence-electron chi connectivity index (χ1n) is 8.44. The Hall–Kier alpha value is -2.05. The zero-order valence-electron chi connectivity index (χ0n) is 14.0. The highest BCUT2D eigenvalue weighted by atomic mass is 35.5. The molecule has 0 bridgehead atoms. The molecule has 2 aromatic carbocycles. The van der Waals surface area contributed by atoms with Gasteiger partial charge in [-0.2, -0.15) is 8.42 Å². The normalized spacial score (nSPS) is 15.6. The van der Waals surface area contributed by atoms with Gasteiger partial charge in [-0.05, 0) is 54.7 Å². The zero-order chi connectivity index (χ0) is 18.7. The number of hydrogen-bond acceptors (Lipinski definition) is 4. The van der Waals surface area contributed by atoms with Gasteiger partial charge in [-0.1, -0.05) is 43.0 Å². The average Bonchev–Trinajstić information content (AvgIpc) is 2.62. The third-order valence-electron chi connectivity index (χ3n) is 4.62. The molecule has 0 heterocycles. The molecular formula is C19H19ClO5S. The Bertz CT molecular complexity index is 900. The van der Waals surface area contributed by atoms with Crippen molar-refractivity contribution in [2.75, 3.05) is 0 Å². The van der Waals surface area contributed by atoms with E-state index < -0.39 is 16.1 Å². The van der Waals surface area contributed by atoms with Crippen LogP contribution in [0.1, 0.15) is 53.9 Å². The SMILES string of the molecule is O=C(O)c1cc(S(=O)(=O)Oc2ccc(C3CCCCC3)cc2)ccc1Cl. The minimum absolute atomic E-state index is 0.0340. The molecule has 5 nitrogen and oxygen atoms in total. The number of carboxylic acids is 1. The summed E-state index contributed by atoms with van der Waals surface area (Å²) in [7, 11) is -4.15. The molecular weight excluding hydrogens is 376 g/mol. The van der Waals surface area contributed by atoms with Crippen LogP contribution >= 0.6 is 11.6 Å². The third-order valence-corrected chi connectivity index (χ3v) is 6.19. The van der Waals surface area contributed by atoms with Crippen molar-refractivity contribution >= 4 is 27.7 Å². The lowest BCUT2D eigenvalue weighted by atomic mass is 9.84. The maximum atomic E-state index is 12.4. The predicted octanol–water partition coefficient (Wildman–Crippen LogP) is 4.85. The van der Waals surface area contributed by atoms with Gasteiger partial charge < -0.3 is 9.29 Å². The number of hydrogen-bond donors (Lipinski definition) is 1. The van der Waals surface area contributed by atoms with Crippen molar-refractivity contribution in [3.8, 4) is 5.75 Å². The first-order valence-corrected chi connectivity index (χ1v) is 10.2. The molecule has 7 heteroatoms. The Labute approximate surface area is 157 Å². The van der Waals surface area contributed by atoms with Crippen molar-refractivity contribution in [3.63, 3.8) is 0 Å². The highest BCUT2D eigenvalue weighted by molar-refractivity contribution is 7.87. The van der Waals surface area contributed by atoms with Crippen LogP contribution < -0.4 is 4.18 Å².